The third-order valence-electron chi connectivity index (χ3n) is 5.24. The molecule has 0 spiro atoms. The highest BCUT2D eigenvalue weighted by atomic mass is 16.3. The number of aliphatic hydroxyl groups excluding tert-OH is 1. The maximum atomic E-state index is 12.5. The first-order valence-electron chi connectivity index (χ1n) is 7.12. The van der Waals surface area contributed by atoms with Crippen LogP contribution in [0.2, 0.25) is 0 Å². The molecule has 2 fully saturated rings. The van der Waals surface area contributed by atoms with Crippen LogP contribution in [0.25, 0.3) is 0 Å². The van der Waals surface area contributed by atoms with Crippen LogP contribution in [-0.4, -0.2) is 36.2 Å². The minimum absolute atomic E-state index is 0.123. The van der Waals surface area contributed by atoms with E-state index in [-0.39, 0.29) is 28.9 Å². The van der Waals surface area contributed by atoms with Crippen LogP contribution in [0, 0.1) is 10.8 Å². The van der Waals surface area contributed by atoms with Crippen molar-refractivity contribution in [3.63, 3.8) is 0 Å². The molecule has 1 amide bonds. The number of hydrogen-bond acceptors (Lipinski definition) is 3. The lowest BCUT2D eigenvalue weighted by Crippen LogP contribution is -2.63. The van der Waals surface area contributed by atoms with Gasteiger partial charge in [-0.05, 0) is 38.8 Å². The van der Waals surface area contributed by atoms with Crippen LogP contribution in [0.15, 0.2) is 0 Å². The van der Waals surface area contributed by atoms with E-state index in [0.717, 1.165) is 32.4 Å². The van der Waals surface area contributed by atoms with Gasteiger partial charge in [0.15, 0.2) is 0 Å². The van der Waals surface area contributed by atoms with Crippen molar-refractivity contribution in [3.05, 3.63) is 0 Å². The Labute approximate surface area is 110 Å². The zero-order chi connectivity index (χ0) is 13.4. The fourth-order valence-corrected chi connectivity index (χ4v) is 3.11. The number of rotatable bonds is 3. The van der Waals surface area contributed by atoms with E-state index in [9.17, 15) is 9.90 Å². The molecule has 1 aliphatic heterocycles. The molecule has 1 heterocycles. The zero-order valence-corrected chi connectivity index (χ0v) is 11.8. The quantitative estimate of drug-likeness (QED) is 0.705. The zero-order valence-electron chi connectivity index (χ0n) is 11.8. The molecule has 104 valence electrons. The van der Waals surface area contributed by atoms with E-state index in [0.29, 0.717) is 6.42 Å². The van der Waals surface area contributed by atoms with Crippen molar-refractivity contribution in [1.82, 2.24) is 10.6 Å². The molecule has 0 bridgehead atoms. The maximum Gasteiger partial charge on any atom is 0.226 e. The van der Waals surface area contributed by atoms with Crippen molar-refractivity contribution < 1.29 is 9.90 Å². The maximum absolute atomic E-state index is 12.5. The number of nitrogens with one attached hydrogen (secondary N) is 2. The van der Waals surface area contributed by atoms with Gasteiger partial charge in [-0.2, -0.15) is 0 Å². The molecule has 1 saturated heterocycles. The van der Waals surface area contributed by atoms with E-state index in [1.54, 1.807) is 0 Å². The summed E-state index contributed by atoms with van der Waals surface area (Å²) in [7, 11) is 0. The van der Waals surface area contributed by atoms with Crippen molar-refractivity contribution >= 4 is 5.91 Å². The predicted molar refractivity (Wildman–Crippen MR) is 71.2 cm³/mol. The molecule has 0 aromatic heterocycles. The Balaban J connectivity index is 1.99. The van der Waals surface area contributed by atoms with Gasteiger partial charge in [-0.15, -0.1) is 0 Å². The van der Waals surface area contributed by atoms with Crippen molar-refractivity contribution in [2.75, 3.05) is 13.1 Å². The highest BCUT2D eigenvalue weighted by Gasteiger charge is 2.49. The fourth-order valence-electron chi connectivity index (χ4n) is 3.11. The van der Waals surface area contributed by atoms with Crippen molar-refractivity contribution in [1.29, 1.82) is 0 Å². The smallest absolute Gasteiger partial charge is 0.226 e. The van der Waals surface area contributed by atoms with E-state index in [1.807, 2.05) is 13.8 Å². The first-order valence-corrected chi connectivity index (χ1v) is 7.12. The minimum atomic E-state index is -0.284. The molecule has 4 nitrogen and oxygen atoms in total. The molecule has 1 aliphatic carbocycles. The number of aliphatic hydroxyl groups is 1. The standard InChI is InChI=1S/C14H26N2O2/c1-4-14(5-7-15-8-6-14)12(18)16-10-9-11(17)13(10,2)3/h10-11,15,17H,4-9H2,1-3H3,(H,16,18). The minimum Gasteiger partial charge on any atom is -0.392 e. The second kappa shape index (κ2) is 4.82. The highest BCUT2D eigenvalue weighted by molar-refractivity contribution is 5.83. The van der Waals surface area contributed by atoms with Gasteiger partial charge in [-0.25, -0.2) is 0 Å². The van der Waals surface area contributed by atoms with E-state index >= 15 is 0 Å². The summed E-state index contributed by atoms with van der Waals surface area (Å²) < 4.78 is 0. The number of hydrogen-bond donors (Lipinski definition) is 3. The normalized spacial score (nSPS) is 33.6. The first-order chi connectivity index (χ1) is 8.42. The average molecular weight is 254 g/mol. The van der Waals surface area contributed by atoms with Gasteiger partial charge in [0, 0.05) is 11.5 Å². The Bertz CT molecular complexity index is 322. The van der Waals surface area contributed by atoms with E-state index in [1.165, 1.54) is 0 Å². The van der Waals surface area contributed by atoms with Crippen LogP contribution in [0.1, 0.15) is 46.5 Å². The molecule has 1 saturated carbocycles. The van der Waals surface area contributed by atoms with Gasteiger partial charge in [0.2, 0.25) is 5.91 Å². The summed E-state index contributed by atoms with van der Waals surface area (Å²) in [5.41, 5.74) is -0.376. The average Bonchev–Trinajstić information content (AvgIpc) is 2.39. The number of carbonyl (C=O) groups excluding carboxylic acids is 1. The van der Waals surface area contributed by atoms with Crippen LogP contribution in [0.3, 0.4) is 0 Å². The molecule has 2 unspecified atom stereocenters. The largest absolute Gasteiger partial charge is 0.392 e. The molecule has 4 heteroatoms. The van der Waals surface area contributed by atoms with E-state index in [2.05, 4.69) is 17.6 Å². The topological polar surface area (TPSA) is 61.4 Å². The van der Waals surface area contributed by atoms with Crippen LogP contribution in [-0.2, 0) is 4.79 Å². The van der Waals surface area contributed by atoms with Gasteiger partial charge in [0.05, 0.1) is 11.5 Å². The van der Waals surface area contributed by atoms with Crippen LogP contribution >= 0.6 is 0 Å². The van der Waals surface area contributed by atoms with Gasteiger partial charge in [-0.3, -0.25) is 4.79 Å². The Hall–Kier alpha value is -0.610. The lowest BCUT2D eigenvalue weighted by molar-refractivity contribution is -0.140. The Morgan fingerprint density at radius 1 is 1.39 bits per heavy atom. The molecule has 18 heavy (non-hydrogen) atoms. The Kier molecular flexibility index (Phi) is 3.70. The third-order valence-corrected chi connectivity index (χ3v) is 5.24. The van der Waals surface area contributed by atoms with Crippen molar-refractivity contribution in [2.24, 2.45) is 10.8 Å². The summed E-state index contributed by atoms with van der Waals surface area (Å²) in [6.07, 6.45) is 3.15. The van der Waals surface area contributed by atoms with Crippen molar-refractivity contribution in [3.8, 4) is 0 Å². The van der Waals surface area contributed by atoms with Gasteiger partial charge in [-0.1, -0.05) is 20.8 Å². The third kappa shape index (κ3) is 2.16. The highest BCUT2D eigenvalue weighted by Crippen LogP contribution is 2.42. The summed E-state index contributed by atoms with van der Waals surface area (Å²) >= 11 is 0. The summed E-state index contributed by atoms with van der Waals surface area (Å²) in [5, 5.41) is 16.2. The summed E-state index contributed by atoms with van der Waals surface area (Å²) in [6, 6.07) is 0.123. The fraction of sp³-hybridized carbons (Fsp3) is 0.929. The molecular weight excluding hydrogens is 228 g/mol. The Morgan fingerprint density at radius 2 is 2.00 bits per heavy atom. The molecule has 2 aliphatic rings. The Morgan fingerprint density at radius 3 is 2.44 bits per heavy atom. The lowest BCUT2D eigenvalue weighted by Gasteiger charge is -2.50. The molecule has 2 rings (SSSR count). The van der Waals surface area contributed by atoms with Gasteiger partial charge in [0.1, 0.15) is 0 Å². The lowest BCUT2D eigenvalue weighted by atomic mass is 9.64. The van der Waals surface area contributed by atoms with Gasteiger partial charge in [0.25, 0.3) is 0 Å². The van der Waals surface area contributed by atoms with E-state index < -0.39 is 0 Å². The molecule has 0 radical (unpaired) electrons. The summed E-state index contributed by atoms with van der Waals surface area (Å²) in [5.74, 6) is 0.191. The molecule has 3 N–H and O–H groups in total. The van der Waals surface area contributed by atoms with Gasteiger partial charge < -0.3 is 15.7 Å². The molecular formula is C14H26N2O2. The van der Waals surface area contributed by atoms with Crippen LogP contribution < -0.4 is 10.6 Å². The number of carbonyl (C=O) groups is 1. The number of amides is 1. The summed E-state index contributed by atoms with van der Waals surface area (Å²) in [4.78, 5) is 12.5. The van der Waals surface area contributed by atoms with Crippen molar-refractivity contribution in [2.45, 2.75) is 58.6 Å². The van der Waals surface area contributed by atoms with Crippen LogP contribution in [0.4, 0.5) is 0 Å². The molecule has 2 atom stereocenters. The SMILES string of the molecule is CCC1(C(=O)NC2CC(O)C2(C)C)CCNCC1. The second-order valence-corrected chi connectivity index (χ2v) is 6.48. The second-order valence-electron chi connectivity index (χ2n) is 6.48. The first kappa shape index (κ1) is 13.8. The van der Waals surface area contributed by atoms with Gasteiger partial charge >= 0.3 is 0 Å². The molecule has 0 aromatic rings. The monoisotopic (exact) mass is 254 g/mol. The predicted octanol–water partition coefficient (Wildman–Crippen LogP) is 1.04. The number of piperidine rings is 1. The van der Waals surface area contributed by atoms with E-state index in [4.69, 9.17) is 0 Å². The summed E-state index contributed by atoms with van der Waals surface area (Å²) in [6.45, 7) is 8.00. The van der Waals surface area contributed by atoms with Crippen LogP contribution in [0.5, 0.6) is 0 Å². The molecule has 0 aromatic carbocycles.